The minimum absolute atomic E-state index is 0.00196. The van der Waals surface area contributed by atoms with E-state index in [1.54, 1.807) is 12.1 Å². The number of amides is 3. The van der Waals surface area contributed by atoms with Gasteiger partial charge < -0.3 is 10.0 Å². The van der Waals surface area contributed by atoms with E-state index in [9.17, 15) is 19.5 Å². The van der Waals surface area contributed by atoms with Crippen LogP contribution in [-0.4, -0.2) is 40.3 Å². The fourth-order valence-electron chi connectivity index (χ4n) is 2.75. The molecule has 0 radical (unpaired) electrons. The Bertz CT molecular complexity index is 642. The van der Waals surface area contributed by atoms with Crippen molar-refractivity contribution in [3.05, 3.63) is 29.8 Å². The van der Waals surface area contributed by atoms with E-state index in [0.29, 0.717) is 19.4 Å². The van der Waals surface area contributed by atoms with Gasteiger partial charge in [0.15, 0.2) is 0 Å². The lowest BCUT2D eigenvalue weighted by molar-refractivity contribution is -0.131. The molecule has 2 aliphatic rings. The number of likely N-dealkylation sites (tertiary alicyclic amines) is 1. The lowest BCUT2D eigenvalue weighted by Gasteiger charge is -2.24. The van der Waals surface area contributed by atoms with Crippen LogP contribution in [0.25, 0.3) is 0 Å². The Morgan fingerprint density at radius 1 is 1.04 bits per heavy atom. The van der Waals surface area contributed by atoms with Gasteiger partial charge in [0.1, 0.15) is 11.8 Å². The Hall–Kier alpha value is -2.57. The molecule has 3 rings (SSSR count). The summed E-state index contributed by atoms with van der Waals surface area (Å²) in [5.74, 6) is -1.08. The molecule has 1 aliphatic carbocycles. The lowest BCUT2D eigenvalue weighted by atomic mass is 10.1. The summed E-state index contributed by atoms with van der Waals surface area (Å²) >= 11 is 0. The maximum atomic E-state index is 12.5. The van der Waals surface area contributed by atoms with Crippen molar-refractivity contribution in [1.82, 2.24) is 15.8 Å². The van der Waals surface area contributed by atoms with Crippen molar-refractivity contribution in [2.45, 2.75) is 31.7 Å². The molecular formula is C16H19N3O4. The molecule has 1 saturated heterocycles. The van der Waals surface area contributed by atoms with E-state index in [0.717, 1.165) is 12.8 Å². The van der Waals surface area contributed by atoms with Crippen molar-refractivity contribution >= 4 is 17.7 Å². The first-order valence-electron chi connectivity index (χ1n) is 7.76. The first-order valence-corrected chi connectivity index (χ1v) is 7.76. The van der Waals surface area contributed by atoms with Crippen molar-refractivity contribution in [3.8, 4) is 5.75 Å². The zero-order valence-corrected chi connectivity index (χ0v) is 12.6. The number of nitrogens with zero attached hydrogens (tertiary/aromatic N) is 1. The molecule has 1 heterocycles. The average molecular weight is 317 g/mol. The molecule has 1 aliphatic heterocycles. The molecule has 0 unspecified atom stereocenters. The molecule has 0 aromatic heterocycles. The van der Waals surface area contributed by atoms with Crippen molar-refractivity contribution < 1.29 is 19.5 Å². The van der Waals surface area contributed by atoms with Gasteiger partial charge in [0, 0.05) is 12.5 Å². The second kappa shape index (κ2) is 6.28. The third-order valence-electron chi connectivity index (χ3n) is 4.21. The third-order valence-corrected chi connectivity index (χ3v) is 4.21. The summed E-state index contributed by atoms with van der Waals surface area (Å²) in [7, 11) is 0. The SMILES string of the molecule is O=C(NNC(=O)[C@H]1CCCN1C(=O)c1ccccc1O)C1CC1. The van der Waals surface area contributed by atoms with E-state index >= 15 is 0 Å². The highest BCUT2D eigenvalue weighted by Crippen LogP contribution is 2.28. The van der Waals surface area contributed by atoms with Gasteiger partial charge in [-0.2, -0.15) is 0 Å². The smallest absolute Gasteiger partial charge is 0.261 e. The Kier molecular flexibility index (Phi) is 4.18. The molecule has 7 heteroatoms. The summed E-state index contributed by atoms with van der Waals surface area (Å²) in [6, 6.07) is 5.62. The van der Waals surface area contributed by atoms with Crippen LogP contribution in [-0.2, 0) is 9.59 Å². The number of nitrogens with one attached hydrogen (secondary N) is 2. The molecule has 1 aromatic rings. The number of para-hydroxylation sites is 1. The predicted octanol–water partition coefficient (Wildman–Crippen LogP) is 0.554. The maximum Gasteiger partial charge on any atom is 0.261 e. The Morgan fingerprint density at radius 2 is 1.74 bits per heavy atom. The Balaban J connectivity index is 1.64. The molecule has 1 saturated carbocycles. The second-order valence-electron chi connectivity index (χ2n) is 5.93. The molecule has 7 nitrogen and oxygen atoms in total. The third kappa shape index (κ3) is 3.28. The van der Waals surface area contributed by atoms with Gasteiger partial charge in [-0.1, -0.05) is 12.1 Å². The van der Waals surface area contributed by atoms with Crippen LogP contribution < -0.4 is 10.9 Å². The number of aromatic hydroxyl groups is 1. The van der Waals surface area contributed by atoms with E-state index in [-0.39, 0.29) is 29.0 Å². The summed E-state index contributed by atoms with van der Waals surface area (Å²) in [6.45, 7) is 0.446. The fourth-order valence-corrected chi connectivity index (χ4v) is 2.75. The molecule has 23 heavy (non-hydrogen) atoms. The number of phenolic OH excluding ortho intramolecular Hbond substituents is 1. The normalized spacial score (nSPS) is 20.2. The zero-order chi connectivity index (χ0) is 16.4. The first-order chi connectivity index (χ1) is 11.1. The van der Waals surface area contributed by atoms with E-state index < -0.39 is 11.9 Å². The largest absolute Gasteiger partial charge is 0.507 e. The molecule has 1 aromatic carbocycles. The van der Waals surface area contributed by atoms with Gasteiger partial charge >= 0.3 is 0 Å². The van der Waals surface area contributed by atoms with Gasteiger partial charge in [-0.15, -0.1) is 0 Å². The second-order valence-corrected chi connectivity index (χ2v) is 5.93. The van der Waals surface area contributed by atoms with E-state index in [1.165, 1.54) is 17.0 Å². The van der Waals surface area contributed by atoms with Crippen molar-refractivity contribution in [2.24, 2.45) is 5.92 Å². The average Bonchev–Trinajstić information content (AvgIpc) is 3.29. The van der Waals surface area contributed by atoms with E-state index in [2.05, 4.69) is 10.9 Å². The molecule has 122 valence electrons. The first kappa shape index (κ1) is 15.3. The van der Waals surface area contributed by atoms with Crippen molar-refractivity contribution in [2.75, 3.05) is 6.54 Å². The van der Waals surface area contributed by atoms with Crippen LogP contribution in [0.15, 0.2) is 24.3 Å². The van der Waals surface area contributed by atoms with Crippen LogP contribution in [0, 0.1) is 5.92 Å². The molecular weight excluding hydrogens is 298 g/mol. The molecule has 3 N–H and O–H groups in total. The monoisotopic (exact) mass is 317 g/mol. The van der Waals surface area contributed by atoms with E-state index in [1.807, 2.05) is 0 Å². The lowest BCUT2D eigenvalue weighted by Crippen LogP contribution is -2.51. The molecule has 0 spiro atoms. The van der Waals surface area contributed by atoms with Crippen LogP contribution in [0.4, 0.5) is 0 Å². The number of hydrazine groups is 1. The predicted molar refractivity (Wildman–Crippen MR) is 81.2 cm³/mol. The van der Waals surface area contributed by atoms with E-state index in [4.69, 9.17) is 0 Å². The van der Waals surface area contributed by atoms with Crippen LogP contribution in [0.1, 0.15) is 36.0 Å². The number of carbonyl (C=O) groups is 3. The quantitative estimate of drug-likeness (QED) is 0.709. The number of benzene rings is 1. The fraction of sp³-hybridized carbons (Fsp3) is 0.438. The highest BCUT2D eigenvalue weighted by molar-refractivity contribution is 6.00. The van der Waals surface area contributed by atoms with Crippen molar-refractivity contribution in [1.29, 1.82) is 0 Å². The van der Waals surface area contributed by atoms with Crippen LogP contribution in [0.3, 0.4) is 0 Å². The van der Waals surface area contributed by atoms with Gasteiger partial charge in [0.05, 0.1) is 5.56 Å². The van der Waals surface area contributed by atoms with Crippen LogP contribution >= 0.6 is 0 Å². The Morgan fingerprint density at radius 3 is 2.43 bits per heavy atom. The van der Waals surface area contributed by atoms with Crippen LogP contribution in [0.2, 0.25) is 0 Å². The minimum atomic E-state index is -0.637. The minimum Gasteiger partial charge on any atom is -0.507 e. The van der Waals surface area contributed by atoms with Crippen molar-refractivity contribution in [3.63, 3.8) is 0 Å². The number of hydrogen-bond acceptors (Lipinski definition) is 4. The standard InChI is InChI=1S/C16H19N3O4/c20-13-6-2-1-4-11(13)16(23)19-9-3-5-12(19)15(22)18-17-14(21)10-7-8-10/h1-2,4,6,10,12,20H,3,5,7-9H2,(H,17,21)(H,18,22)/t12-/m1/s1. The molecule has 0 bridgehead atoms. The maximum absolute atomic E-state index is 12.5. The van der Waals surface area contributed by atoms with Gasteiger partial charge in [-0.05, 0) is 37.8 Å². The molecule has 2 fully saturated rings. The number of phenols is 1. The Labute approximate surface area is 133 Å². The summed E-state index contributed by atoms with van der Waals surface area (Å²) in [5, 5.41) is 9.81. The highest BCUT2D eigenvalue weighted by Gasteiger charge is 2.36. The zero-order valence-electron chi connectivity index (χ0n) is 12.6. The summed E-state index contributed by atoms with van der Waals surface area (Å²) in [4.78, 5) is 37.8. The summed E-state index contributed by atoms with van der Waals surface area (Å²) in [5.41, 5.74) is 4.98. The summed E-state index contributed by atoms with van der Waals surface area (Å²) in [6.07, 6.45) is 2.94. The van der Waals surface area contributed by atoms with Gasteiger partial charge in [-0.3, -0.25) is 25.2 Å². The highest BCUT2D eigenvalue weighted by atomic mass is 16.3. The number of hydrogen-bond donors (Lipinski definition) is 3. The molecule has 3 amide bonds. The molecule has 1 atom stereocenters. The van der Waals surface area contributed by atoms with Gasteiger partial charge in [-0.25, -0.2) is 0 Å². The van der Waals surface area contributed by atoms with Crippen LogP contribution in [0.5, 0.6) is 5.75 Å². The number of carbonyl (C=O) groups excluding carboxylic acids is 3. The topological polar surface area (TPSA) is 98.7 Å². The summed E-state index contributed by atoms with van der Waals surface area (Å²) < 4.78 is 0. The number of rotatable bonds is 3. The van der Waals surface area contributed by atoms with Gasteiger partial charge in [0.2, 0.25) is 5.91 Å². The van der Waals surface area contributed by atoms with Gasteiger partial charge in [0.25, 0.3) is 11.8 Å².